The molecule has 0 saturated carbocycles. The molecule has 10 heteroatoms. The molecule has 6 nitrogen and oxygen atoms in total. The maximum Gasteiger partial charge on any atom is 0.416 e. The number of benzene rings is 3. The minimum Gasteiger partial charge on any atom is -0.497 e. The first-order valence-electron chi connectivity index (χ1n) is 9.71. The SMILES string of the molecule is COc1ccc(N(CC(=O)Nc2cccc(C(F)(F)F)c2)S(=O)(=O)c2ccc(C)cc2)cc1. The second kappa shape index (κ2) is 9.53. The molecule has 33 heavy (non-hydrogen) atoms. The molecule has 0 bridgehead atoms. The zero-order valence-corrected chi connectivity index (χ0v) is 18.6. The Morgan fingerprint density at radius 3 is 2.21 bits per heavy atom. The van der Waals surface area contributed by atoms with Gasteiger partial charge in [0, 0.05) is 5.69 Å². The van der Waals surface area contributed by atoms with Crippen LogP contribution in [0.15, 0.2) is 77.7 Å². The molecule has 0 atom stereocenters. The summed E-state index contributed by atoms with van der Waals surface area (Å²) in [5, 5.41) is 2.34. The van der Waals surface area contributed by atoms with Crippen molar-refractivity contribution in [1.82, 2.24) is 0 Å². The third kappa shape index (κ3) is 5.83. The van der Waals surface area contributed by atoms with E-state index in [2.05, 4.69) is 5.32 Å². The van der Waals surface area contributed by atoms with E-state index in [0.717, 1.165) is 28.1 Å². The molecule has 3 rings (SSSR count). The lowest BCUT2D eigenvalue weighted by molar-refractivity contribution is -0.137. The minimum absolute atomic E-state index is 0.0317. The number of nitrogens with zero attached hydrogens (tertiary/aromatic N) is 1. The second-order valence-corrected chi connectivity index (χ2v) is 9.01. The Balaban J connectivity index is 1.92. The van der Waals surface area contributed by atoms with Gasteiger partial charge in [-0.25, -0.2) is 8.42 Å². The molecule has 0 aromatic heterocycles. The molecule has 1 amide bonds. The maximum absolute atomic E-state index is 13.3. The third-order valence-electron chi connectivity index (χ3n) is 4.73. The van der Waals surface area contributed by atoms with E-state index in [1.807, 2.05) is 0 Å². The molecule has 0 radical (unpaired) electrons. The number of ether oxygens (including phenoxy) is 1. The molecular formula is C23H21F3N2O4S. The first-order valence-corrected chi connectivity index (χ1v) is 11.2. The summed E-state index contributed by atoms with van der Waals surface area (Å²) in [6.07, 6.45) is -4.58. The van der Waals surface area contributed by atoms with Gasteiger partial charge in [-0.05, 0) is 61.5 Å². The van der Waals surface area contributed by atoms with Gasteiger partial charge in [0.1, 0.15) is 12.3 Å². The number of sulfonamides is 1. The predicted molar refractivity (Wildman–Crippen MR) is 119 cm³/mol. The van der Waals surface area contributed by atoms with Crippen LogP contribution in [-0.4, -0.2) is 28.0 Å². The summed E-state index contributed by atoms with van der Waals surface area (Å²) in [5.74, 6) is -0.319. The van der Waals surface area contributed by atoms with Crippen molar-refractivity contribution < 1.29 is 31.1 Å². The summed E-state index contributed by atoms with van der Waals surface area (Å²) in [5.41, 5.74) is 0.0135. The molecule has 0 aliphatic rings. The molecule has 0 unspecified atom stereocenters. The van der Waals surface area contributed by atoms with E-state index >= 15 is 0 Å². The van der Waals surface area contributed by atoms with Crippen molar-refractivity contribution in [2.75, 3.05) is 23.3 Å². The number of methoxy groups -OCH3 is 1. The third-order valence-corrected chi connectivity index (χ3v) is 6.52. The quantitative estimate of drug-likeness (QED) is 0.527. The summed E-state index contributed by atoms with van der Waals surface area (Å²) in [4.78, 5) is 12.7. The first kappa shape index (κ1) is 24.1. The number of carbonyl (C=O) groups excluding carboxylic acids is 1. The van der Waals surface area contributed by atoms with Gasteiger partial charge < -0.3 is 10.1 Å². The Morgan fingerprint density at radius 2 is 1.64 bits per heavy atom. The number of carbonyl (C=O) groups is 1. The molecule has 0 aliphatic carbocycles. The normalized spacial score (nSPS) is 11.7. The number of alkyl halides is 3. The second-order valence-electron chi connectivity index (χ2n) is 7.15. The van der Waals surface area contributed by atoms with Gasteiger partial charge in [-0.15, -0.1) is 0 Å². The Hall–Kier alpha value is -3.53. The number of nitrogens with one attached hydrogen (secondary N) is 1. The van der Waals surface area contributed by atoms with Crippen LogP contribution in [0.4, 0.5) is 24.5 Å². The van der Waals surface area contributed by atoms with Crippen LogP contribution in [0.25, 0.3) is 0 Å². The van der Waals surface area contributed by atoms with Crippen molar-refractivity contribution in [3.8, 4) is 5.75 Å². The van der Waals surface area contributed by atoms with Gasteiger partial charge in [0.25, 0.3) is 10.0 Å². The van der Waals surface area contributed by atoms with E-state index in [4.69, 9.17) is 4.74 Å². The largest absolute Gasteiger partial charge is 0.497 e. The number of hydrogen-bond acceptors (Lipinski definition) is 4. The molecule has 0 heterocycles. The van der Waals surface area contributed by atoms with Gasteiger partial charge in [0.2, 0.25) is 5.91 Å². The van der Waals surface area contributed by atoms with Crippen LogP contribution in [0, 0.1) is 6.92 Å². The summed E-state index contributed by atoms with van der Waals surface area (Å²) >= 11 is 0. The topological polar surface area (TPSA) is 75.7 Å². The van der Waals surface area contributed by atoms with Gasteiger partial charge in [-0.1, -0.05) is 23.8 Å². The average Bonchev–Trinajstić information content (AvgIpc) is 2.77. The van der Waals surface area contributed by atoms with E-state index in [1.54, 1.807) is 19.1 Å². The van der Waals surface area contributed by atoms with Crippen LogP contribution in [0.2, 0.25) is 0 Å². The zero-order chi connectivity index (χ0) is 24.2. The van der Waals surface area contributed by atoms with Crippen molar-refractivity contribution >= 4 is 27.3 Å². The number of hydrogen-bond donors (Lipinski definition) is 1. The van der Waals surface area contributed by atoms with E-state index in [9.17, 15) is 26.4 Å². The molecular weight excluding hydrogens is 457 g/mol. The fourth-order valence-corrected chi connectivity index (χ4v) is 4.43. The Kier molecular flexibility index (Phi) is 6.97. The molecule has 3 aromatic carbocycles. The summed E-state index contributed by atoms with van der Waals surface area (Å²) < 4.78 is 71.5. The van der Waals surface area contributed by atoms with Crippen molar-refractivity contribution in [2.24, 2.45) is 0 Å². The Labute approximate surface area is 189 Å². The van der Waals surface area contributed by atoms with E-state index in [1.165, 1.54) is 49.6 Å². The fourth-order valence-electron chi connectivity index (χ4n) is 3.01. The lowest BCUT2D eigenvalue weighted by Crippen LogP contribution is -2.38. The van der Waals surface area contributed by atoms with E-state index in [0.29, 0.717) is 5.75 Å². The predicted octanol–water partition coefficient (Wildman–Crippen LogP) is 4.86. The lowest BCUT2D eigenvalue weighted by atomic mass is 10.2. The first-order chi connectivity index (χ1) is 15.5. The van der Waals surface area contributed by atoms with Gasteiger partial charge >= 0.3 is 6.18 Å². The summed E-state index contributed by atoms with van der Waals surface area (Å²) in [6, 6.07) is 16.2. The highest BCUT2D eigenvalue weighted by molar-refractivity contribution is 7.92. The fraction of sp³-hybridized carbons (Fsp3) is 0.174. The van der Waals surface area contributed by atoms with E-state index in [-0.39, 0.29) is 16.3 Å². The van der Waals surface area contributed by atoms with Crippen LogP contribution in [0.5, 0.6) is 5.75 Å². The maximum atomic E-state index is 13.3. The van der Waals surface area contributed by atoms with Crippen molar-refractivity contribution in [3.63, 3.8) is 0 Å². The van der Waals surface area contributed by atoms with Crippen LogP contribution in [0.3, 0.4) is 0 Å². The number of rotatable bonds is 7. The number of halogens is 3. The molecule has 174 valence electrons. The highest BCUT2D eigenvalue weighted by Crippen LogP contribution is 2.31. The highest BCUT2D eigenvalue weighted by Gasteiger charge is 2.31. The average molecular weight is 478 g/mol. The van der Waals surface area contributed by atoms with Crippen molar-refractivity contribution in [1.29, 1.82) is 0 Å². The van der Waals surface area contributed by atoms with Crippen LogP contribution in [-0.2, 0) is 21.0 Å². The zero-order valence-electron chi connectivity index (χ0n) is 17.8. The standard InChI is InChI=1S/C23H21F3N2O4S/c1-16-6-12-21(13-7-16)33(30,31)28(19-8-10-20(32-2)11-9-19)15-22(29)27-18-5-3-4-17(14-18)23(24,25)26/h3-14H,15H2,1-2H3,(H,27,29). The van der Waals surface area contributed by atoms with Gasteiger partial charge in [0.15, 0.2) is 0 Å². The van der Waals surface area contributed by atoms with Crippen LogP contribution >= 0.6 is 0 Å². The molecule has 0 saturated heterocycles. The summed E-state index contributed by atoms with van der Waals surface area (Å²) in [7, 11) is -2.70. The molecule has 0 aliphatic heterocycles. The smallest absolute Gasteiger partial charge is 0.416 e. The minimum atomic E-state index is -4.58. The lowest BCUT2D eigenvalue weighted by Gasteiger charge is -2.24. The monoisotopic (exact) mass is 478 g/mol. The summed E-state index contributed by atoms with van der Waals surface area (Å²) in [6.45, 7) is 1.15. The number of anilines is 2. The van der Waals surface area contributed by atoms with Gasteiger partial charge in [-0.3, -0.25) is 9.10 Å². The number of aryl methyl sites for hydroxylation is 1. The number of amides is 1. The highest BCUT2D eigenvalue weighted by atomic mass is 32.2. The van der Waals surface area contributed by atoms with Crippen LogP contribution in [0.1, 0.15) is 11.1 Å². The molecule has 0 spiro atoms. The van der Waals surface area contributed by atoms with Gasteiger partial charge in [0.05, 0.1) is 23.3 Å². The molecule has 1 N–H and O–H groups in total. The van der Waals surface area contributed by atoms with Gasteiger partial charge in [-0.2, -0.15) is 13.2 Å². The van der Waals surface area contributed by atoms with Crippen molar-refractivity contribution in [2.45, 2.75) is 18.0 Å². The molecule has 3 aromatic rings. The molecule has 0 fully saturated rings. The van der Waals surface area contributed by atoms with E-state index < -0.39 is 34.2 Å². The van der Waals surface area contributed by atoms with Crippen molar-refractivity contribution in [3.05, 3.63) is 83.9 Å². The Morgan fingerprint density at radius 1 is 1.00 bits per heavy atom. The van der Waals surface area contributed by atoms with Crippen LogP contribution < -0.4 is 14.4 Å². The Bertz CT molecular complexity index is 1230.